The van der Waals surface area contributed by atoms with Crippen LogP contribution in [0.15, 0.2) is 42.5 Å². The predicted molar refractivity (Wildman–Crippen MR) is 108 cm³/mol. The SMILES string of the molecule is CCCC(=O)NCc1ccc(NC[C@](O)(c2cc(C(F)(F)F)cc(C(F)(F)F)c2)C(F)(F)F)cc1. The second-order valence-electron chi connectivity index (χ2n) is 7.73. The second-order valence-corrected chi connectivity index (χ2v) is 7.73. The third-order valence-electron chi connectivity index (χ3n) is 5.00. The van der Waals surface area contributed by atoms with Crippen LogP contribution < -0.4 is 10.6 Å². The Morgan fingerprint density at radius 2 is 1.31 bits per heavy atom. The van der Waals surface area contributed by atoms with E-state index in [1.807, 2.05) is 6.92 Å². The number of benzene rings is 2. The molecule has 0 radical (unpaired) electrons. The van der Waals surface area contributed by atoms with Crippen molar-refractivity contribution in [1.82, 2.24) is 5.32 Å². The Hall–Kier alpha value is -2.96. The lowest BCUT2D eigenvalue weighted by atomic mass is 9.89. The molecule has 2 aromatic carbocycles. The maximum absolute atomic E-state index is 13.8. The van der Waals surface area contributed by atoms with Crippen LogP contribution in [0.1, 0.15) is 42.0 Å². The molecule has 0 fully saturated rings. The number of amides is 1. The minimum absolute atomic E-state index is 0.000620. The molecular weight excluding hydrogens is 495 g/mol. The molecule has 2 rings (SSSR count). The number of hydrogen-bond acceptors (Lipinski definition) is 3. The van der Waals surface area contributed by atoms with E-state index in [4.69, 9.17) is 0 Å². The third kappa shape index (κ3) is 7.26. The number of anilines is 1. The topological polar surface area (TPSA) is 61.4 Å². The molecule has 2 aromatic rings. The summed E-state index contributed by atoms with van der Waals surface area (Å²) in [5, 5.41) is 15.2. The molecule has 1 atom stereocenters. The standard InChI is InChI=1S/C22H21F9N2O2/c1-2-3-18(34)32-11-13-4-6-17(7-5-13)33-12-19(35,22(29,30)31)14-8-15(20(23,24)25)10-16(9-14)21(26,27)28/h4-10,33,35H,2-3,11-12H2,1H3,(H,32,34)/t19-/m0/s1. The smallest absolute Gasteiger partial charge is 0.381 e. The molecule has 4 nitrogen and oxygen atoms in total. The quantitative estimate of drug-likeness (QED) is 0.377. The van der Waals surface area contributed by atoms with E-state index in [9.17, 15) is 49.4 Å². The predicted octanol–water partition coefficient (Wildman–Crippen LogP) is 6.00. The molecule has 0 aliphatic rings. The van der Waals surface area contributed by atoms with Crippen LogP contribution in [-0.4, -0.2) is 23.7 Å². The lowest BCUT2D eigenvalue weighted by Crippen LogP contribution is -2.48. The highest BCUT2D eigenvalue weighted by atomic mass is 19.4. The third-order valence-corrected chi connectivity index (χ3v) is 5.00. The molecule has 0 aromatic heterocycles. The van der Waals surface area contributed by atoms with Crippen LogP contribution in [0.4, 0.5) is 45.2 Å². The van der Waals surface area contributed by atoms with Crippen molar-refractivity contribution in [3.05, 3.63) is 64.7 Å². The highest BCUT2D eigenvalue weighted by Crippen LogP contribution is 2.44. The van der Waals surface area contributed by atoms with Gasteiger partial charge in [0.15, 0.2) is 0 Å². The van der Waals surface area contributed by atoms with Crippen molar-refractivity contribution in [2.75, 3.05) is 11.9 Å². The zero-order valence-electron chi connectivity index (χ0n) is 18.1. The van der Waals surface area contributed by atoms with Crippen molar-refractivity contribution in [1.29, 1.82) is 0 Å². The molecule has 0 saturated carbocycles. The summed E-state index contributed by atoms with van der Waals surface area (Å²) in [5.74, 6) is -0.204. The molecule has 0 bridgehead atoms. The molecule has 0 aliphatic carbocycles. The Kier molecular flexibility index (Phi) is 8.36. The van der Waals surface area contributed by atoms with Crippen LogP contribution in [0.3, 0.4) is 0 Å². The van der Waals surface area contributed by atoms with Crippen molar-refractivity contribution in [2.45, 2.75) is 50.4 Å². The summed E-state index contributed by atoms with van der Waals surface area (Å²) in [7, 11) is 0. The molecular formula is C22H21F9N2O2. The zero-order chi connectivity index (χ0) is 26.7. The van der Waals surface area contributed by atoms with Crippen molar-refractivity contribution in [2.24, 2.45) is 0 Å². The van der Waals surface area contributed by atoms with Gasteiger partial charge in [-0.15, -0.1) is 0 Å². The van der Waals surface area contributed by atoms with Crippen LogP contribution >= 0.6 is 0 Å². The van der Waals surface area contributed by atoms with E-state index >= 15 is 0 Å². The van der Waals surface area contributed by atoms with Crippen molar-refractivity contribution < 1.29 is 49.4 Å². The highest BCUT2D eigenvalue weighted by Gasteiger charge is 2.56. The fraction of sp³-hybridized carbons (Fsp3) is 0.409. The van der Waals surface area contributed by atoms with Gasteiger partial charge in [0, 0.05) is 18.7 Å². The van der Waals surface area contributed by atoms with Crippen molar-refractivity contribution in [3.8, 4) is 0 Å². The van der Waals surface area contributed by atoms with E-state index in [1.54, 1.807) is 0 Å². The Morgan fingerprint density at radius 3 is 1.74 bits per heavy atom. The molecule has 1 amide bonds. The average molecular weight is 516 g/mol. The Bertz CT molecular complexity index is 983. The number of aliphatic hydroxyl groups is 1. The van der Waals surface area contributed by atoms with E-state index in [0.29, 0.717) is 18.4 Å². The first-order valence-electron chi connectivity index (χ1n) is 10.2. The molecule has 0 heterocycles. The van der Waals surface area contributed by atoms with Gasteiger partial charge in [0.05, 0.1) is 17.7 Å². The van der Waals surface area contributed by atoms with Crippen LogP contribution in [0, 0.1) is 0 Å². The number of halogens is 9. The van der Waals surface area contributed by atoms with Gasteiger partial charge in [-0.3, -0.25) is 4.79 Å². The molecule has 194 valence electrons. The minimum atomic E-state index is -5.63. The molecule has 0 spiro atoms. The lowest BCUT2D eigenvalue weighted by Gasteiger charge is -2.32. The van der Waals surface area contributed by atoms with Crippen LogP contribution in [0.5, 0.6) is 0 Å². The van der Waals surface area contributed by atoms with Gasteiger partial charge < -0.3 is 15.7 Å². The molecule has 35 heavy (non-hydrogen) atoms. The summed E-state index contributed by atoms with van der Waals surface area (Å²) in [5.41, 5.74) is -9.09. The largest absolute Gasteiger partial charge is 0.423 e. The molecule has 0 saturated heterocycles. The average Bonchev–Trinajstić information content (AvgIpc) is 2.74. The summed E-state index contributed by atoms with van der Waals surface area (Å²) in [6, 6.07) is 4.79. The fourth-order valence-corrected chi connectivity index (χ4v) is 3.05. The van der Waals surface area contributed by atoms with Gasteiger partial charge in [-0.05, 0) is 47.9 Å². The number of carbonyl (C=O) groups excluding carboxylic acids is 1. The van der Waals surface area contributed by atoms with E-state index in [-0.39, 0.29) is 36.3 Å². The van der Waals surface area contributed by atoms with Gasteiger partial charge in [0.2, 0.25) is 11.5 Å². The maximum atomic E-state index is 13.8. The normalized spacial score (nSPS) is 14.4. The van der Waals surface area contributed by atoms with Gasteiger partial charge >= 0.3 is 18.5 Å². The van der Waals surface area contributed by atoms with Crippen molar-refractivity contribution in [3.63, 3.8) is 0 Å². The van der Waals surface area contributed by atoms with Gasteiger partial charge in [0.25, 0.3) is 0 Å². The first-order chi connectivity index (χ1) is 16.0. The van der Waals surface area contributed by atoms with Crippen LogP contribution in [0.2, 0.25) is 0 Å². The highest BCUT2D eigenvalue weighted by molar-refractivity contribution is 5.75. The van der Waals surface area contributed by atoms with E-state index in [2.05, 4.69) is 10.6 Å². The number of alkyl halides is 9. The molecule has 3 N–H and O–H groups in total. The van der Waals surface area contributed by atoms with Crippen LogP contribution in [0.25, 0.3) is 0 Å². The number of hydrogen-bond donors (Lipinski definition) is 3. The maximum Gasteiger partial charge on any atom is 0.423 e. The molecule has 0 aliphatic heterocycles. The second kappa shape index (κ2) is 10.3. The van der Waals surface area contributed by atoms with Crippen LogP contribution in [-0.2, 0) is 29.3 Å². The summed E-state index contributed by atoms with van der Waals surface area (Å²) in [6.07, 6.45) is -15.5. The fourth-order valence-electron chi connectivity index (χ4n) is 3.05. The Balaban J connectivity index is 2.33. The number of carbonyl (C=O) groups is 1. The monoisotopic (exact) mass is 516 g/mol. The van der Waals surface area contributed by atoms with Gasteiger partial charge in [-0.25, -0.2) is 0 Å². The molecule has 13 heteroatoms. The van der Waals surface area contributed by atoms with Crippen molar-refractivity contribution >= 4 is 11.6 Å². The van der Waals surface area contributed by atoms with Gasteiger partial charge in [-0.1, -0.05) is 19.1 Å². The lowest BCUT2D eigenvalue weighted by molar-refractivity contribution is -0.261. The number of nitrogens with one attached hydrogen (secondary N) is 2. The summed E-state index contributed by atoms with van der Waals surface area (Å²) >= 11 is 0. The summed E-state index contributed by atoms with van der Waals surface area (Å²) < 4.78 is 120. The summed E-state index contributed by atoms with van der Waals surface area (Å²) in [6.45, 7) is 0.475. The zero-order valence-corrected chi connectivity index (χ0v) is 18.1. The summed E-state index contributed by atoms with van der Waals surface area (Å²) in [4.78, 5) is 11.5. The Morgan fingerprint density at radius 1 is 0.829 bits per heavy atom. The van der Waals surface area contributed by atoms with Gasteiger partial charge in [-0.2, -0.15) is 39.5 Å². The minimum Gasteiger partial charge on any atom is -0.381 e. The van der Waals surface area contributed by atoms with E-state index < -0.39 is 47.4 Å². The Labute approximate surface area is 194 Å². The first-order valence-corrected chi connectivity index (χ1v) is 10.2. The van der Waals surface area contributed by atoms with E-state index in [0.717, 1.165) is 0 Å². The number of rotatable bonds is 8. The first kappa shape index (κ1) is 28.3. The molecule has 0 unspecified atom stereocenters. The van der Waals surface area contributed by atoms with Gasteiger partial charge in [0.1, 0.15) is 0 Å². The van der Waals surface area contributed by atoms with E-state index in [1.165, 1.54) is 24.3 Å².